The average molecular weight is 295 g/mol. The third-order valence-corrected chi connectivity index (χ3v) is 3.27. The molecule has 1 rings (SSSR count). The van der Waals surface area contributed by atoms with Gasteiger partial charge in [0.05, 0.1) is 5.02 Å². The molecule has 0 aliphatic heterocycles. The number of carbonyl (C=O) groups is 1. The van der Waals surface area contributed by atoms with E-state index in [0.29, 0.717) is 10.6 Å². The molecule has 64 valence electrons. The summed E-state index contributed by atoms with van der Waals surface area (Å²) in [5.74, 6) is 0.0241. The Balaban J connectivity index is 3.43. The zero-order valence-electron chi connectivity index (χ0n) is 6.82. The van der Waals surface area contributed by atoms with Crippen molar-refractivity contribution in [2.45, 2.75) is 13.8 Å². The Bertz CT molecular complexity index is 334. The molecule has 0 aromatic heterocycles. The van der Waals surface area contributed by atoms with Crippen LogP contribution in [-0.2, 0) is 0 Å². The summed E-state index contributed by atoms with van der Waals surface area (Å²) in [6, 6.07) is 3.81. The van der Waals surface area contributed by atoms with Gasteiger partial charge in [0.2, 0.25) is 0 Å². The van der Waals surface area contributed by atoms with Gasteiger partial charge in [-0.05, 0) is 48.1 Å². The first-order valence-corrected chi connectivity index (χ1v) is 4.95. The monoisotopic (exact) mass is 294 g/mol. The van der Waals surface area contributed by atoms with Crippen molar-refractivity contribution in [3.63, 3.8) is 0 Å². The molecule has 0 unspecified atom stereocenters. The molecule has 0 aliphatic rings. The third kappa shape index (κ3) is 1.80. The minimum Gasteiger partial charge on any atom is -0.294 e. The summed E-state index contributed by atoms with van der Waals surface area (Å²) in [6.07, 6.45) is 0. The van der Waals surface area contributed by atoms with E-state index in [4.69, 9.17) is 11.6 Å². The molecule has 0 spiro atoms. The van der Waals surface area contributed by atoms with Crippen LogP contribution in [0.25, 0.3) is 0 Å². The van der Waals surface area contributed by atoms with Gasteiger partial charge in [-0.1, -0.05) is 17.7 Å². The van der Waals surface area contributed by atoms with Crippen LogP contribution in [0.2, 0.25) is 5.02 Å². The lowest BCUT2D eigenvalue weighted by molar-refractivity contribution is 0.101. The number of ketones is 1. The number of Topliss-reactive ketones (excluding diaryl/α,β-unsaturated/α-hetero) is 1. The highest BCUT2D eigenvalue weighted by Crippen LogP contribution is 2.25. The lowest BCUT2D eigenvalue weighted by Crippen LogP contribution is -1.98. The smallest absolute Gasteiger partial charge is 0.161 e. The van der Waals surface area contributed by atoms with E-state index in [-0.39, 0.29) is 5.78 Å². The molecule has 0 aliphatic carbocycles. The van der Waals surface area contributed by atoms with E-state index < -0.39 is 0 Å². The number of hydrogen-bond donors (Lipinski definition) is 0. The predicted molar refractivity (Wildman–Crippen MR) is 58.9 cm³/mol. The highest BCUT2D eigenvalue weighted by molar-refractivity contribution is 14.1. The molecule has 0 atom stereocenters. The summed E-state index contributed by atoms with van der Waals surface area (Å²) < 4.78 is 0.921. The van der Waals surface area contributed by atoms with Crippen LogP contribution in [0.3, 0.4) is 0 Å². The second kappa shape index (κ2) is 3.75. The molecular formula is C9H8ClIO. The van der Waals surface area contributed by atoms with Gasteiger partial charge in [0, 0.05) is 9.13 Å². The van der Waals surface area contributed by atoms with Crippen molar-refractivity contribution in [1.82, 2.24) is 0 Å². The van der Waals surface area contributed by atoms with Crippen molar-refractivity contribution in [2.75, 3.05) is 0 Å². The van der Waals surface area contributed by atoms with E-state index in [1.54, 1.807) is 0 Å². The number of rotatable bonds is 1. The molecule has 0 heterocycles. The Labute approximate surface area is 90.3 Å². The van der Waals surface area contributed by atoms with Gasteiger partial charge >= 0.3 is 0 Å². The Morgan fingerprint density at radius 3 is 2.50 bits per heavy atom. The molecule has 0 saturated heterocycles. The van der Waals surface area contributed by atoms with Crippen LogP contribution in [0, 0.1) is 10.5 Å². The van der Waals surface area contributed by atoms with Crippen LogP contribution in [0.15, 0.2) is 12.1 Å². The van der Waals surface area contributed by atoms with Crippen molar-refractivity contribution in [3.8, 4) is 0 Å². The molecule has 12 heavy (non-hydrogen) atoms. The molecule has 1 nitrogen and oxygen atoms in total. The van der Waals surface area contributed by atoms with Gasteiger partial charge in [-0.3, -0.25) is 4.79 Å². The van der Waals surface area contributed by atoms with E-state index in [0.717, 1.165) is 9.13 Å². The Hall–Kier alpha value is -0.0900. The SMILES string of the molecule is CC(=O)c1c(C)ccc(I)c1Cl. The lowest BCUT2D eigenvalue weighted by Gasteiger charge is -2.05. The number of carbonyl (C=O) groups excluding carboxylic acids is 1. The van der Waals surface area contributed by atoms with Crippen LogP contribution >= 0.6 is 34.2 Å². The van der Waals surface area contributed by atoms with Gasteiger partial charge in [-0.25, -0.2) is 0 Å². The Morgan fingerprint density at radius 1 is 1.50 bits per heavy atom. The molecule has 3 heteroatoms. The molecule has 1 aromatic rings. The summed E-state index contributed by atoms with van der Waals surface area (Å²) >= 11 is 8.08. The van der Waals surface area contributed by atoms with Crippen LogP contribution in [-0.4, -0.2) is 5.78 Å². The third-order valence-electron chi connectivity index (χ3n) is 1.66. The van der Waals surface area contributed by atoms with Gasteiger partial charge in [-0.15, -0.1) is 0 Å². The van der Waals surface area contributed by atoms with Crippen molar-refractivity contribution in [3.05, 3.63) is 31.9 Å². The fraction of sp³-hybridized carbons (Fsp3) is 0.222. The number of aryl methyl sites for hydroxylation is 1. The second-order valence-corrected chi connectivity index (χ2v) is 4.15. The quantitative estimate of drug-likeness (QED) is 0.573. The maximum atomic E-state index is 11.2. The van der Waals surface area contributed by atoms with Crippen LogP contribution < -0.4 is 0 Å². The molecular weight excluding hydrogens is 286 g/mol. The van der Waals surface area contributed by atoms with Crippen LogP contribution in [0.5, 0.6) is 0 Å². The number of benzene rings is 1. The minimum absolute atomic E-state index is 0.0241. The highest BCUT2D eigenvalue weighted by atomic mass is 127. The molecule has 0 saturated carbocycles. The Kier molecular flexibility index (Phi) is 3.12. The normalized spacial score (nSPS) is 10.0. The summed E-state index contributed by atoms with van der Waals surface area (Å²) in [7, 11) is 0. The average Bonchev–Trinajstić information content (AvgIpc) is 1.97. The van der Waals surface area contributed by atoms with Gasteiger partial charge in [0.15, 0.2) is 5.78 Å². The first-order valence-electron chi connectivity index (χ1n) is 3.49. The zero-order chi connectivity index (χ0) is 9.30. The standard InChI is InChI=1S/C9H8ClIO/c1-5-3-4-7(11)9(10)8(5)6(2)12/h3-4H,1-2H3. The zero-order valence-corrected chi connectivity index (χ0v) is 9.73. The van der Waals surface area contributed by atoms with Crippen LogP contribution in [0.1, 0.15) is 22.8 Å². The largest absolute Gasteiger partial charge is 0.294 e. The van der Waals surface area contributed by atoms with Crippen molar-refractivity contribution >= 4 is 40.0 Å². The first kappa shape index (κ1) is 9.99. The number of hydrogen-bond acceptors (Lipinski definition) is 1. The van der Waals surface area contributed by atoms with E-state index in [9.17, 15) is 4.79 Å². The summed E-state index contributed by atoms with van der Waals surface area (Å²) in [4.78, 5) is 11.2. The van der Waals surface area contributed by atoms with Gasteiger partial charge in [-0.2, -0.15) is 0 Å². The highest BCUT2D eigenvalue weighted by Gasteiger charge is 2.10. The van der Waals surface area contributed by atoms with Gasteiger partial charge < -0.3 is 0 Å². The van der Waals surface area contributed by atoms with E-state index in [1.165, 1.54) is 6.92 Å². The Morgan fingerprint density at radius 2 is 2.08 bits per heavy atom. The fourth-order valence-corrected chi connectivity index (χ4v) is 1.87. The second-order valence-electron chi connectivity index (χ2n) is 2.61. The predicted octanol–water partition coefficient (Wildman–Crippen LogP) is 3.46. The minimum atomic E-state index is 0.0241. The van der Waals surface area contributed by atoms with E-state index in [2.05, 4.69) is 22.6 Å². The van der Waals surface area contributed by atoms with Crippen molar-refractivity contribution in [2.24, 2.45) is 0 Å². The maximum absolute atomic E-state index is 11.2. The molecule has 1 aromatic carbocycles. The summed E-state index contributed by atoms with van der Waals surface area (Å²) in [5.41, 5.74) is 1.58. The molecule has 0 fully saturated rings. The lowest BCUT2D eigenvalue weighted by atomic mass is 10.1. The maximum Gasteiger partial charge on any atom is 0.161 e. The molecule has 0 radical (unpaired) electrons. The number of halogens is 2. The first-order chi connectivity index (χ1) is 5.54. The fourth-order valence-electron chi connectivity index (χ4n) is 1.08. The van der Waals surface area contributed by atoms with E-state index >= 15 is 0 Å². The van der Waals surface area contributed by atoms with Crippen molar-refractivity contribution in [1.29, 1.82) is 0 Å². The topological polar surface area (TPSA) is 17.1 Å². The van der Waals surface area contributed by atoms with E-state index in [1.807, 2.05) is 19.1 Å². The van der Waals surface area contributed by atoms with Crippen molar-refractivity contribution < 1.29 is 4.79 Å². The molecule has 0 N–H and O–H groups in total. The van der Waals surface area contributed by atoms with Gasteiger partial charge in [0.1, 0.15) is 0 Å². The molecule has 0 bridgehead atoms. The van der Waals surface area contributed by atoms with Crippen LogP contribution in [0.4, 0.5) is 0 Å². The summed E-state index contributed by atoms with van der Waals surface area (Å²) in [6.45, 7) is 3.42. The van der Waals surface area contributed by atoms with Gasteiger partial charge in [0.25, 0.3) is 0 Å². The molecule has 0 amide bonds. The summed E-state index contributed by atoms with van der Waals surface area (Å²) in [5, 5.41) is 0.572.